The molecule has 29 heavy (non-hydrogen) atoms. The third kappa shape index (κ3) is 4.26. The Morgan fingerprint density at radius 2 is 1.52 bits per heavy atom. The number of nitrogens with zero attached hydrogens (tertiary/aromatic N) is 3. The van der Waals surface area contributed by atoms with Gasteiger partial charge in [0.05, 0.1) is 0 Å². The van der Waals surface area contributed by atoms with Crippen LogP contribution in [0.3, 0.4) is 0 Å². The molecule has 0 aliphatic carbocycles. The maximum atomic E-state index is 13.3. The van der Waals surface area contributed by atoms with Crippen molar-refractivity contribution in [3.05, 3.63) is 101 Å². The van der Waals surface area contributed by atoms with E-state index in [0.29, 0.717) is 15.7 Å². The molecule has 0 aliphatic rings. The molecular weight excluding hydrogens is 402 g/mol. The molecule has 0 saturated heterocycles. The van der Waals surface area contributed by atoms with E-state index in [2.05, 4.69) is 10.2 Å². The van der Waals surface area contributed by atoms with Crippen LogP contribution in [0.25, 0.3) is 11.4 Å². The summed E-state index contributed by atoms with van der Waals surface area (Å²) in [6.07, 6.45) is 0. The lowest BCUT2D eigenvalue weighted by Gasteiger charge is -2.15. The molecule has 3 aromatic carbocycles. The highest BCUT2D eigenvalue weighted by Crippen LogP contribution is 2.37. The first-order chi connectivity index (χ1) is 14.1. The normalized spacial score (nSPS) is 11.9. The molecule has 0 amide bonds. The fourth-order valence-corrected chi connectivity index (χ4v) is 4.23. The van der Waals surface area contributed by atoms with Crippen LogP contribution >= 0.6 is 23.4 Å². The molecule has 0 unspecified atom stereocenters. The molecule has 0 bridgehead atoms. The first-order valence-corrected chi connectivity index (χ1v) is 10.4. The minimum Gasteiger partial charge on any atom is -0.305 e. The minimum atomic E-state index is -0.417. The van der Waals surface area contributed by atoms with Gasteiger partial charge in [-0.1, -0.05) is 84.0 Å². The summed E-state index contributed by atoms with van der Waals surface area (Å²) in [6.45, 7) is 0. The van der Waals surface area contributed by atoms with Crippen LogP contribution in [-0.2, 0) is 7.05 Å². The Labute approximate surface area is 178 Å². The van der Waals surface area contributed by atoms with Crippen molar-refractivity contribution >= 4 is 29.1 Å². The third-order valence-corrected chi connectivity index (χ3v) is 6.10. The molecule has 1 atom stereocenters. The Kier molecular flexibility index (Phi) is 5.79. The van der Waals surface area contributed by atoms with Crippen molar-refractivity contribution in [1.82, 2.24) is 14.8 Å². The highest BCUT2D eigenvalue weighted by Gasteiger charge is 2.26. The van der Waals surface area contributed by atoms with Gasteiger partial charge in [-0.15, -0.1) is 10.2 Å². The Morgan fingerprint density at radius 1 is 0.897 bits per heavy atom. The number of carbonyl (C=O) groups is 1. The average molecular weight is 420 g/mol. The number of Topliss-reactive ketones (excluding diaryl/α,β-unsaturated/α-hetero) is 1. The predicted octanol–water partition coefficient (Wildman–Crippen LogP) is 5.85. The van der Waals surface area contributed by atoms with Gasteiger partial charge < -0.3 is 4.57 Å². The van der Waals surface area contributed by atoms with Gasteiger partial charge in [-0.2, -0.15) is 0 Å². The monoisotopic (exact) mass is 419 g/mol. The van der Waals surface area contributed by atoms with E-state index in [1.54, 1.807) is 0 Å². The molecule has 6 heteroatoms. The van der Waals surface area contributed by atoms with Crippen LogP contribution in [0.4, 0.5) is 0 Å². The predicted molar refractivity (Wildman–Crippen MR) is 117 cm³/mol. The molecule has 0 spiro atoms. The smallest absolute Gasteiger partial charge is 0.192 e. The van der Waals surface area contributed by atoms with Gasteiger partial charge in [0.2, 0.25) is 0 Å². The van der Waals surface area contributed by atoms with Gasteiger partial charge in [0.1, 0.15) is 5.25 Å². The van der Waals surface area contributed by atoms with Gasteiger partial charge in [-0.05, 0) is 29.8 Å². The molecule has 4 aromatic rings. The first kappa shape index (κ1) is 19.4. The van der Waals surface area contributed by atoms with E-state index in [-0.39, 0.29) is 5.78 Å². The number of aromatic nitrogens is 3. The highest BCUT2D eigenvalue weighted by atomic mass is 35.5. The molecule has 0 N–H and O–H groups in total. The number of rotatable bonds is 6. The van der Waals surface area contributed by atoms with Crippen molar-refractivity contribution < 1.29 is 4.79 Å². The van der Waals surface area contributed by atoms with Crippen LogP contribution in [0.5, 0.6) is 0 Å². The first-order valence-electron chi connectivity index (χ1n) is 9.09. The molecule has 1 aromatic heterocycles. The zero-order valence-electron chi connectivity index (χ0n) is 15.7. The summed E-state index contributed by atoms with van der Waals surface area (Å²) in [5.74, 6) is 0.765. The molecule has 0 saturated carbocycles. The maximum absolute atomic E-state index is 13.3. The Balaban J connectivity index is 1.68. The second-order valence-electron chi connectivity index (χ2n) is 6.51. The summed E-state index contributed by atoms with van der Waals surface area (Å²) in [7, 11) is 1.90. The largest absolute Gasteiger partial charge is 0.305 e. The maximum Gasteiger partial charge on any atom is 0.192 e. The SMILES string of the molecule is Cn1c(S[C@H](C(=O)c2ccccc2)c2ccccc2)nnc1-c1ccc(Cl)cc1. The second-order valence-corrected chi connectivity index (χ2v) is 8.02. The molecule has 144 valence electrons. The number of benzene rings is 3. The van der Waals surface area contributed by atoms with Crippen LogP contribution in [0, 0.1) is 0 Å². The number of carbonyl (C=O) groups excluding carboxylic acids is 1. The molecule has 0 radical (unpaired) electrons. The summed E-state index contributed by atoms with van der Waals surface area (Å²) in [6, 6.07) is 26.6. The van der Waals surface area contributed by atoms with Crippen molar-refractivity contribution in [1.29, 1.82) is 0 Å². The Morgan fingerprint density at radius 3 is 2.17 bits per heavy atom. The van der Waals surface area contributed by atoms with Crippen LogP contribution in [0.1, 0.15) is 21.2 Å². The number of hydrogen-bond donors (Lipinski definition) is 0. The summed E-state index contributed by atoms with van der Waals surface area (Å²) in [5, 5.41) is 9.61. The number of thioether (sulfide) groups is 1. The lowest BCUT2D eigenvalue weighted by Crippen LogP contribution is -2.11. The van der Waals surface area contributed by atoms with Crippen LogP contribution < -0.4 is 0 Å². The van der Waals surface area contributed by atoms with E-state index in [0.717, 1.165) is 17.0 Å². The summed E-state index contributed by atoms with van der Waals surface area (Å²) >= 11 is 7.39. The van der Waals surface area contributed by atoms with E-state index in [1.165, 1.54) is 11.8 Å². The number of ketones is 1. The standard InChI is InChI=1S/C23H18ClN3OS/c1-27-22(18-12-14-19(24)15-13-18)25-26-23(27)29-21(17-10-6-3-7-11-17)20(28)16-8-4-2-5-9-16/h2-15,21H,1H3/t21-/m0/s1. The molecule has 4 nitrogen and oxygen atoms in total. The lowest BCUT2D eigenvalue weighted by atomic mass is 10.0. The molecule has 4 rings (SSSR count). The van der Waals surface area contributed by atoms with E-state index in [4.69, 9.17) is 11.6 Å². The minimum absolute atomic E-state index is 0.0397. The van der Waals surface area contributed by atoms with Gasteiger partial charge in [-0.25, -0.2) is 0 Å². The van der Waals surface area contributed by atoms with Crippen molar-refractivity contribution in [2.75, 3.05) is 0 Å². The van der Waals surface area contributed by atoms with E-state index in [1.807, 2.05) is 96.5 Å². The number of hydrogen-bond acceptors (Lipinski definition) is 4. The fourth-order valence-electron chi connectivity index (χ4n) is 3.03. The molecule has 1 heterocycles. The average Bonchev–Trinajstić information content (AvgIpc) is 3.13. The highest BCUT2D eigenvalue weighted by molar-refractivity contribution is 8.00. The molecule has 0 aliphatic heterocycles. The fraction of sp³-hybridized carbons (Fsp3) is 0.0870. The Bertz CT molecular complexity index is 1110. The Hall–Kier alpha value is -2.89. The van der Waals surface area contributed by atoms with Gasteiger partial charge in [0.15, 0.2) is 16.8 Å². The van der Waals surface area contributed by atoms with Crippen molar-refractivity contribution in [2.24, 2.45) is 7.05 Å². The van der Waals surface area contributed by atoms with Crippen LogP contribution in [0.15, 0.2) is 90.1 Å². The van der Waals surface area contributed by atoms with Gasteiger partial charge in [-0.3, -0.25) is 4.79 Å². The van der Waals surface area contributed by atoms with Crippen molar-refractivity contribution in [3.63, 3.8) is 0 Å². The zero-order chi connectivity index (χ0) is 20.2. The second kappa shape index (κ2) is 8.64. The quantitative estimate of drug-likeness (QED) is 0.290. The topological polar surface area (TPSA) is 47.8 Å². The van der Waals surface area contributed by atoms with Crippen LogP contribution in [-0.4, -0.2) is 20.5 Å². The zero-order valence-corrected chi connectivity index (χ0v) is 17.3. The third-order valence-electron chi connectivity index (χ3n) is 4.56. The summed E-state index contributed by atoms with van der Waals surface area (Å²) in [5.41, 5.74) is 2.53. The molecule has 0 fully saturated rings. The van der Waals surface area contributed by atoms with Crippen molar-refractivity contribution in [2.45, 2.75) is 10.4 Å². The lowest BCUT2D eigenvalue weighted by molar-refractivity contribution is 0.0989. The summed E-state index contributed by atoms with van der Waals surface area (Å²) < 4.78 is 1.90. The summed E-state index contributed by atoms with van der Waals surface area (Å²) in [4.78, 5) is 13.3. The van der Waals surface area contributed by atoms with Crippen LogP contribution in [0.2, 0.25) is 5.02 Å². The van der Waals surface area contributed by atoms with E-state index < -0.39 is 5.25 Å². The van der Waals surface area contributed by atoms with Crippen molar-refractivity contribution in [3.8, 4) is 11.4 Å². The van der Waals surface area contributed by atoms with Gasteiger partial charge in [0, 0.05) is 23.2 Å². The van der Waals surface area contributed by atoms with Gasteiger partial charge >= 0.3 is 0 Å². The number of halogens is 1. The van der Waals surface area contributed by atoms with E-state index in [9.17, 15) is 4.79 Å². The molecular formula is C23H18ClN3OS. The van der Waals surface area contributed by atoms with Gasteiger partial charge in [0.25, 0.3) is 0 Å². The van der Waals surface area contributed by atoms with E-state index >= 15 is 0 Å².